The molecule has 4 nitrogen and oxygen atoms in total. The number of hydrogen-bond donors (Lipinski definition) is 1. The number of anilines is 1. The van der Waals surface area contributed by atoms with Gasteiger partial charge in [-0.25, -0.2) is 4.99 Å². The van der Waals surface area contributed by atoms with Crippen molar-refractivity contribution in [2.24, 2.45) is 21.7 Å². The van der Waals surface area contributed by atoms with Gasteiger partial charge in [0.2, 0.25) is 5.91 Å². The third-order valence-corrected chi connectivity index (χ3v) is 7.28. The molecule has 6 heteroatoms. The van der Waals surface area contributed by atoms with Crippen LogP contribution in [0.3, 0.4) is 0 Å². The first kappa shape index (κ1) is 18.3. The number of halogens is 1. The summed E-state index contributed by atoms with van der Waals surface area (Å²) in [4.78, 5) is 31.4. The Labute approximate surface area is 168 Å². The molecule has 2 aliphatic carbocycles. The molecule has 4 atom stereocenters. The minimum Gasteiger partial charge on any atom is -0.325 e. The van der Waals surface area contributed by atoms with Crippen LogP contribution in [0.25, 0.3) is 0 Å². The first-order valence-electron chi connectivity index (χ1n) is 8.75. The van der Waals surface area contributed by atoms with E-state index in [9.17, 15) is 9.59 Å². The summed E-state index contributed by atoms with van der Waals surface area (Å²) in [7, 11) is 0. The molecular weight excluding hydrogens is 380 g/mol. The number of nitrogens with one attached hydrogen (secondary N) is 1. The number of isothiocyanates is 1. The van der Waals surface area contributed by atoms with Gasteiger partial charge in [0.05, 0.1) is 16.5 Å². The summed E-state index contributed by atoms with van der Waals surface area (Å²) in [6.07, 6.45) is 3.41. The molecule has 3 aliphatic rings. The quantitative estimate of drug-likeness (QED) is 0.451. The lowest BCUT2D eigenvalue weighted by Crippen LogP contribution is -2.54. The molecule has 2 bridgehead atoms. The number of aliphatic imine (C=N–C) groups is 1. The molecule has 0 aromatic heterocycles. The van der Waals surface area contributed by atoms with Crippen molar-refractivity contribution in [3.8, 4) is 0 Å². The van der Waals surface area contributed by atoms with Crippen molar-refractivity contribution in [3.05, 3.63) is 53.1 Å². The van der Waals surface area contributed by atoms with Gasteiger partial charge >= 0.3 is 0 Å². The van der Waals surface area contributed by atoms with Crippen LogP contribution in [0.5, 0.6) is 0 Å². The van der Waals surface area contributed by atoms with Gasteiger partial charge in [-0.2, -0.15) is 0 Å². The average molecular weight is 399 g/mol. The fourth-order valence-corrected chi connectivity index (χ4v) is 5.56. The Morgan fingerprint density at radius 1 is 1.33 bits per heavy atom. The van der Waals surface area contributed by atoms with E-state index in [1.165, 1.54) is 0 Å². The number of amides is 1. The number of allylic oxidation sites excluding steroid dienone is 1. The molecule has 27 heavy (non-hydrogen) atoms. The van der Waals surface area contributed by atoms with Gasteiger partial charge in [0.1, 0.15) is 0 Å². The van der Waals surface area contributed by atoms with E-state index in [1.54, 1.807) is 12.2 Å². The number of carbonyl (C=O) groups excluding carboxylic acids is 2. The third-order valence-electron chi connectivity index (χ3n) is 6.67. The highest BCUT2D eigenvalue weighted by Crippen LogP contribution is 2.64. The molecule has 1 aromatic rings. The molecule has 0 unspecified atom stereocenters. The van der Waals surface area contributed by atoms with Gasteiger partial charge in [-0.3, -0.25) is 9.59 Å². The standard InChI is InChI=1S/C21H19ClN2O2S/c1-5-20(4)14(22)9-12-17(25)21(20,23-10-27)11-7-6-8-13-15(11)16(18(26)24-13)19(12,2)3/h5-9,12,16H,1H2,2-4H3,(H,24,26)/t12-,16-,20+,21+/m0/s1. The maximum atomic E-state index is 14.0. The van der Waals surface area contributed by atoms with Crippen LogP contribution in [-0.4, -0.2) is 16.9 Å². The molecule has 0 fully saturated rings. The monoisotopic (exact) mass is 398 g/mol. The fraction of sp³-hybridized carbons (Fsp3) is 0.381. The van der Waals surface area contributed by atoms with Crippen molar-refractivity contribution in [1.29, 1.82) is 0 Å². The Balaban J connectivity index is 2.27. The molecule has 0 radical (unpaired) electrons. The summed E-state index contributed by atoms with van der Waals surface area (Å²) >= 11 is 11.7. The Morgan fingerprint density at radius 3 is 2.67 bits per heavy atom. The highest BCUT2D eigenvalue weighted by molar-refractivity contribution is 7.78. The first-order valence-corrected chi connectivity index (χ1v) is 9.54. The number of rotatable bonds is 2. The summed E-state index contributed by atoms with van der Waals surface area (Å²) in [5.74, 6) is -1.34. The van der Waals surface area contributed by atoms with Crippen molar-refractivity contribution < 1.29 is 9.59 Å². The zero-order valence-corrected chi connectivity index (χ0v) is 16.9. The summed E-state index contributed by atoms with van der Waals surface area (Å²) in [6.45, 7) is 9.64. The van der Waals surface area contributed by atoms with E-state index in [-0.39, 0.29) is 11.7 Å². The molecule has 1 heterocycles. The van der Waals surface area contributed by atoms with Gasteiger partial charge in [0, 0.05) is 16.6 Å². The Kier molecular flexibility index (Phi) is 3.71. The molecule has 1 aliphatic heterocycles. The van der Waals surface area contributed by atoms with Crippen LogP contribution in [0, 0.1) is 16.7 Å². The van der Waals surface area contributed by atoms with Gasteiger partial charge in [0.15, 0.2) is 11.3 Å². The fourth-order valence-electron chi connectivity index (χ4n) is 5.09. The van der Waals surface area contributed by atoms with Crippen LogP contribution in [0.1, 0.15) is 37.8 Å². The predicted molar refractivity (Wildman–Crippen MR) is 109 cm³/mol. The van der Waals surface area contributed by atoms with Gasteiger partial charge in [-0.1, -0.05) is 49.7 Å². The zero-order valence-electron chi connectivity index (χ0n) is 15.3. The Bertz CT molecular complexity index is 1010. The lowest BCUT2D eigenvalue weighted by atomic mass is 9.57. The van der Waals surface area contributed by atoms with Crippen molar-refractivity contribution in [3.63, 3.8) is 0 Å². The van der Waals surface area contributed by atoms with E-state index < -0.39 is 28.2 Å². The molecule has 1 N–H and O–H groups in total. The van der Waals surface area contributed by atoms with Crippen LogP contribution in [0.15, 0.2) is 47.0 Å². The number of Topliss-reactive ketones (excluding diaryl/α,β-unsaturated/α-hetero) is 1. The number of benzene rings is 1. The minimum atomic E-state index is -1.41. The van der Waals surface area contributed by atoms with Gasteiger partial charge < -0.3 is 5.32 Å². The van der Waals surface area contributed by atoms with E-state index in [4.69, 9.17) is 23.8 Å². The topological polar surface area (TPSA) is 58.5 Å². The minimum absolute atomic E-state index is 0.117. The van der Waals surface area contributed by atoms with Crippen LogP contribution >= 0.6 is 23.8 Å². The van der Waals surface area contributed by atoms with Gasteiger partial charge in [0.25, 0.3) is 0 Å². The lowest BCUT2D eigenvalue weighted by molar-refractivity contribution is -0.134. The summed E-state index contributed by atoms with van der Waals surface area (Å²) < 4.78 is 0. The Morgan fingerprint density at radius 2 is 2.04 bits per heavy atom. The molecule has 0 saturated heterocycles. The molecule has 1 amide bonds. The molecule has 1 aromatic carbocycles. The van der Waals surface area contributed by atoms with E-state index in [1.807, 2.05) is 39.0 Å². The second kappa shape index (κ2) is 5.48. The second-order valence-electron chi connectivity index (χ2n) is 8.19. The molecular formula is C21H19ClN2O2S. The highest BCUT2D eigenvalue weighted by atomic mass is 35.5. The molecule has 138 valence electrons. The predicted octanol–water partition coefficient (Wildman–Crippen LogP) is 4.57. The maximum Gasteiger partial charge on any atom is 0.232 e. The maximum absolute atomic E-state index is 14.0. The van der Waals surface area contributed by atoms with Crippen molar-refractivity contribution in [2.75, 3.05) is 5.32 Å². The van der Waals surface area contributed by atoms with E-state index in [0.717, 1.165) is 5.56 Å². The number of fused-ring (bicyclic) bond motifs is 3. The van der Waals surface area contributed by atoms with Crippen LogP contribution in [0.2, 0.25) is 0 Å². The third kappa shape index (κ3) is 1.90. The average Bonchev–Trinajstić information content (AvgIpc) is 2.95. The number of ketones is 1. The van der Waals surface area contributed by atoms with Crippen LogP contribution < -0.4 is 5.32 Å². The molecule has 0 spiro atoms. The number of hydrogen-bond acceptors (Lipinski definition) is 4. The SMILES string of the molecule is C=C[C@]1(C)C(Cl)=C[C@H]2C(=O)[C@]1(N=C=S)c1cccc3c1[C@@H](C(=O)N3)C2(C)C. The van der Waals surface area contributed by atoms with E-state index in [2.05, 4.69) is 22.0 Å². The summed E-state index contributed by atoms with van der Waals surface area (Å²) in [6, 6.07) is 5.51. The largest absolute Gasteiger partial charge is 0.325 e. The molecule has 0 saturated carbocycles. The van der Waals surface area contributed by atoms with Crippen molar-refractivity contribution in [2.45, 2.75) is 32.2 Å². The van der Waals surface area contributed by atoms with Crippen molar-refractivity contribution >= 4 is 46.4 Å². The zero-order chi connectivity index (χ0) is 19.8. The van der Waals surface area contributed by atoms with E-state index >= 15 is 0 Å². The van der Waals surface area contributed by atoms with Crippen LogP contribution in [-0.2, 0) is 15.1 Å². The lowest BCUT2D eigenvalue weighted by Gasteiger charge is -2.48. The molecule has 4 rings (SSSR count). The smallest absolute Gasteiger partial charge is 0.232 e. The summed E-state index contributed by atoms with van der Waals surface area (Å²) in [5.41, 5.74) is -0.947. The van der Waals surface area contributed by atoms with Gasteiger partial charge in [-0.15, -0.1) is 6.58 Å². The summed E-state index contributed by atoms with van der Waals surface area (Å²) in [5, 5.41) is 5.87. The van der Waals surface area contributed by atoms with E-state index in [0.29, 0.717) is 16.3 Å². The first-order chi connectivity index (χ1) is 12.7. The number of carbonyl (C=O) groups is 2. The normalized spacial score (nSPS) is 35.3. The highest BCUT2D eigenvalue weighted by Gasteiger charge is 2.67. The number of thiocarbonyl (C=S) groups is 1. The van der Waals surface area contributed by atoms with Crippen LogP contribution in [0.4, 0.5) is 5.69 Å². The van der Waals surface area contributed by atoms with Gasteiger partial charge in [-0.05, 0) is 41.7 Å². The second-order valence-corrected chi connectivity index (χ2v) is 8.78. The number of nitrogens with zero attached hydrogens (tertiary/aromatic N) is 1. The Hall–Kier alpha value is -2.07. The van der Waals surface area contributed by atoms with Crippen molar-refractivity contribution in [1.82, 2.24) is 0 Å².